The Morgan fingerprint density at radius 1 is 1.17 bits per heavy atom. The number of hydrogen-bond donors (Lipinski definition) is 0. The number of piperidine rings is 1. The van der Waals surface area contributed by atoms with Crippen molar-refractivity contribution in [3.63, 3.8) is 0 Å². The van der Waals surface area contributed by atoms with Crippen LogP contribution in [0.3, 0.4) is 0 Å². The second-order valence-corrected chi connectivity index (χ2v) is 5.85. The Hall–Kier alpha value is -2.34. The lowest BCUT2D eigenvalue weighted by molar-refractivity contribution is -0.384. The summed E-state index contributed by atoms with van der Waals surface area (Å²) >= 11 is 6.09. The number of non-ortho nitro benzene ring substituents is 1. The molecule has 1 aromatic carbocycles. The van der Waals surface area contributed by atoms with E-state index in [0.29, 0.717) is 11.3 Å². The summed E-state index contributed by atoms with van der Waals surface area (Å²) in [6.07, 6.45) is 3.16. The van der Waals surface area contributed by atoms with Crippen molar-refractivity contribution >= 4 is 23.2 Å². The smallest absolute Gasteiger partial charge is 0.289 e. The van der Waals surface area contributed by atoms with E-state index in [1.807, 2.05) is 0 Å². The molecule has 2 heterocycles. The van der Waals surface area contributed by atoms with Crippen molar-refractivity contribution < 1.29 is 14.1 Å². The molecule has 2 aromatic rings. The van der Waals surface area contributed by atoms with Gasteiger partial charge in [-0.3, -0.25) is 14.9 Å². The first kappa shape index (κ1) is 15.6. The van der Waals surface area contributed by atoms with Gasteiger partial charge < -0.3 is 9.32 Å². The van der Waals surface area contributed by atoms with Gasteiger partial charge in [0.1, 0.15) is 5.76 Å². The molecule has 7 heteroatoms. The van der Waals surface area contributed by atoms with Crippen LogP contribution in [0.25, 0.3) is 11.3 Å². The number of amides is 1. The molecule has 3 rings (SSSR count). The first-order valence-corrected chi connectivity index (χ1v) is 7.77. The maximum atomic E-state index is 12.4. The predicted octanol–water partition coefficient (Wildman–Crippen LogP) is 4.13. The normalized spacial score (nSPS) is 14.7. The molecule has 0 unspecified atom stereocenters. The van der Waals surface area contributed by atoms with Crippen molar-refractivity contribution in [2.24, 2.45) is 0 Å². The summed E-state index contributed by atoms with van der Waals surface area (Å²) in [7, 11) is 0. The van der Waals surface area contributed by atoms with Gasteiger partial charge in [0, 0.05) is 30.8 Å². The van der Waals surface area contributed by atoms with E-state index in [4.69, 9.17) is 16.0 Å². The van der Waals surface area contributed by atoms with Gasteiger partial charge in [-0.15, -0.1) is 0 Å². The van der Waals surface area contributed by atoms with Gasteiger partial charge in [0.25, 0.3) is 11.6 Å². The van der Waals surface area contributed by atoms with Gasteiger partial charge in [0.05, 0.1) is 9.95 Å². The quantitative estimate of drug-likeness (QED) is 0.624. The number of carbonyl (C=O) groups is 1. The number of nitro groups is 1. The zero-order valence-electron chi connectivity index (χ0n) is 12.3. The van der Waals surface area contributed by atoms with E-state index in [2.05, 4.69) is 0 Å². The molecule has 1 aliphatic heterocycles. The number of carbonyl (C=O) groups excluding carboxylic acids is 1. The van der Waals surface area contributed by atoms with Crippen LogP contribution >= 0.6 is 11.6 Å². The molecule has 0 atom stereocenters. The Balaban J connectivity index is 1.84. The minimum absolute atomic E-state index is 0.0880. The molecule has 1 amide bonds. The highest BCUT2D eigenvalue weighted by Crippen LogP contribution is 2.32. The zero-order chi connectivity index (χ0) is 16.4. The van der Waals surface area contributed by atoms with Crippen molar-refractivity contribution in [2.75, 3.05) is 13.1 Å². The van der Waals surface area contributed by atoms with Crippen LogP contribution in [-0.4, -0.2) is 28.8 Å². The third-order valence-corrected chi connectivity index (χ3v) is 4.20. The van der Waals surface area contributed by atoms with Crippen molar-refractivity contribution in [3.8, 4) is 11.3 Å². The summed E-state index contributed by atoms with van der Waals surface area (Å²) in [5, 5.41) is 11.0. The molecule has 0 spiro atoms. The van der Waals surface area contributed by atoms with Gasteiger partial charge in [0.2, 0.25) is 0 Å². The second-order valence-electron chi connectivity index (χ2n) is 5.44. The summed E-state index contributed by atoms with van der Waals surface area (Å²) in [5.74, 6) is 0.551. The van der Waals surface area contributed by atoms with Crippen molar-refractivity contribution in [3.05, 3.63) is 51.2 Å². The minimum atomic E-state index is -0.511. The largest absolute Gasteiger partial charge is 0.451 e. The van der Waals surface area contributed by atoms with E-state index in [0.717, 1.165) is 32.4 Å². The molecule has 0 saturated carbocycles. The molecule has 1 aliphatic rings. The highest BCUT2D eigenvalue weighted by molar-refractivity contribution is 6.33. The number of halogens is 1. The lowest BCUT2D eigenvalue weighted by Crippen LogP contribution is -2.35. The van der Waals surface area contributed by atoms with Crippen molar-refractivity contribution in [1.82, 2.24) is 4.90 Å². The van der Waals surface area contributed by atoms with E-state index in [-0.39, 0.29) is 22.4 Å². The number of rotatable bonds is 3. The van der Waals surface area contributed by atoms with E-state index in [1.165, 1.54) is 18.2 Å². The van der Waals surface area contributed by atoms with Gasteiger partial charge >= 0.3 is 0 Å². The van der Waals surface area contributed by atoms with E-state index in [9.17, 15) is 14.9 Å². The van der Waals surface area contributed by atoms with Gasteiger partial charge in [0.15, 0.2) is 5.76 Å². The fourth-order valence-corrected chi connectivity index (χ4v) is 2.94. The average molecular weight is 335 g/mol. The van der Waals surface area contributed by atoms with Gasteiger partial charge in [-0.2, -0.15) is 0 Å². The summed E-state index contributed by atoms with van der Waals surface area (Å²) in [6, 6.07) is 7.42. The van der Waals surface area contributed by atoms with Crippen molar-refractivity contribution in [2.45, 2.75) is 19.3 Å². The first-order valence-electron chi connectivity index (χ1n) is 7.39. The Kier molecular flexibility index (Phi) is 4.34. The van der Waals surface area contributed by atoms with Gasteiger partial charge in [-0.25, -0.2) is 0 Å². The Morgan fingerprint density at radius 2 is 1.91 bits per heavy atom. The van der Waals surface area contributed by atoms with Crippen LogP contribution in [0.1, 0.15) is 29.8 Å². The minimum Gasteiger partial charge on any atom is -0.451 e. The fourth-order valence-electron chi connectivity index (χ4n) is 2.67. The molecular weight excluding hydrogens is 320 g/mol. The van der Waals surface area contributed by atoms with Crippen LogP contribution in [0.5, 0.6) is 0 Å². The Morgan fingerprint density at radius 3 is 2.57 bits per heavy atom. The Bertz CT molecular complexity index is 750. The van der Waals surface area contributed by atoms with E-state index >= 15 is 0 Å². The standard InChI is InChI=1S/C16H15ClN2O4/c17-13-10-11(19(21)22)4-5-12(13)14-6-7-15(23-14)16(20)18-8-2-1-3-9-18/h4-7,10H,1-3,8-9H2. The molecule has 0 aliphatic carbocycles. The summed E-state index contributed by atoms with van der Waals surface area (Å²) in [6.45, 7) is 1.49. The predicted molar refractivity (Wildman–Crippen MR) is 85.6 cm³/mol. The number of hydrogen-bond acceptors (Lipinski definition) is 4. The maximum Gasteiger partial charge on any atom is 0.289 e. The molecule has 1 saturated heterocycles. The van der Waals surface area contributed by atoms with Gasteiger partial charge in [-0.05, 0) is 37.5 Å². The summed E-state index contributed by atoms with van der Waals surface area (Å²) < 4.78 is 5.62. The first-order chi connectivity index (χ1) is 11.1. The molecule has 0 bridgehead atoms. The molecular formula is C16H15ClN2O4. The van der Waals surface area contributed by atoms with Crippen LogP contribution in [0.2, 0.25) is 5.02 Å². The number of furan rings is 1. The van der Waals surface area contributed by atoms with Crippen molar-refractivity contribution in [1.29, 1.82) is 0 Å². The molecule has 1 fully saturated rings. The van der Waals surface area contributed by atoms with Crippen LogP contribution in [0.4, 0.5) is 5.69 Å². The SMILES string of the molecule is O=C(c1ccc(-c2ccc([N+](=O)[O-])cc2Cl)o1)N1CCCCC1. The highest BCUT2D eigenvalue weighted by atomic mass is 35.5. The average Bonchev–Trinajstić information content (AvgIpc) is 3.04. The van der Waals surface area contributed by atoms with Crippen LogP contribution < -0.4 is 0 Å². The molecule has 120 valence electrons. The van der Waals surface area contributed by atoms with Crippen LogP contribution in [0, 0.1) is 10.1 Å². The third-order valence-electron chi connectivity index (χ3n) is 3.89. The van der Waals surface area contributed by atoms with E-state index < -0.39 is 4.92 Å². The lowest BCUT2D eigenvalue weighted by Gasteiger charge is -2.25. The topological polar surface area (TPSA) is 76.6 Å². The number of nitrogens with zero attached hydrogens (tertiary/aromatic N) is 2. The highest BCUT2D eigenvalue weighted by Gasteiger charge is 2.22. The molecule has 1 aromatic heterocycles. The molecule has 0 N–H and O–H groups in total. The summed E-state index contributed by atoms with van der Waals surface area (Å²) in [5.41, 5.74) is 0.435. The van der Waals surface area contributed by atoms with Gasteiger partial charge in [-0.1, -0.05) is 11.6 Å². The number of likely N-dealkylation sites (tertiary alicyclic amines) is 1. The maximum absolute atomic E-state index is 12.4. The fraction of sp³-hybridized carbons (Fsp3) is 0.312. The monoisotopic (exact) mass is 334 g/mol. The molecule has 6 nitrogen and oxygen atoms in total. The zero-order valence-corrected chi connectivity index (χ0v) is 13.1. The number of benzene rings is 1. The van der Waals surface area contributed by atoms with Crippen LogP contribution in [-0.2, 0) is 0 Å². The lowest BCUT2D eigenvalue weighted by atomic mass is 10.1. The van der Waals surface area contributed by atoms with Crippen LogP contribution in [0.15, 0.2) is 34.7 Å². The molecule has 0 radical (unpaired) electrons. The molecule has 23 heavy (non-hydrogen) atoms. The summed E-state index contributed by atoms with van der Waals surface area (Å²) in [4.78, 5) is 24.4. The second kappa shape index (κ2) is 6.42. The third kappa shape index (κ3) is 3.22. The van der Waals surface area contributed by atoms with E-state index in [1.54, 1.807) is 17.0 Å². The Labute approximate surface area is 137 Å². The number of nitro benzene ring substituents is 1.